The SMILES string of the molecule is COCCCOCCOc1cc(Br)cnc1C(=O)O. The summed E-state index contributed by atoms with van der Waals surface area (Å²) < 4.78 is 16.2. The van der Waals surface area contributed by atoms with E-state index < -0.39 is 5.97 Å². The molecule has 0 atom stereocenters. The predicted octanol–water partition coefficient (Wildman–Crippen LogP) is 1.97. The van der Waals surface area contributed by atoms with Crippen molar-refractivity contribution in [3.63, 3.8) is 0 Å². The molecule has 0 fully saturated rings. The predicted molar refractivity (Wildman–Crippen MR) is 71.7 cm³/mol. The minimum atomic E-state index is -1.12. The van der Waals surface area contributed by atoms with Gasteiger partial charge in [-0.15, -0.1) is 0 Å². The fourth-order valence-corrected chi connectivity index (χ4v) is 1.62. The largest absolute Gasteiger partial charge is 0.489 e. The van der Waals surface area contributed by atoms with E-state index in [0.29, 0.717) is 24.3 Å². The molecule has 1 aromatic heterocycles. The van der Waals surface area contributed by atoms with Crippen LogP contribution < -0.4 is 4.74 Å². The van der Waals surface area contributed by atoms with Gasteiger partial charge in [0.05, 0.1) is 6.61 Å². The first-order valence-corrected chi connectivity index (χ1v) is 6.52. The lowest BCUT2D eigenvalue weighted by atomic mass is 10.3. The van der Waals surface area contributed by atoms with Crippen molar-refractivity contribution in [2.45, 2.75) is 6.42 Å². The van der Waals surface area contributed by atoms with Crippen molar-refractivity contribution in [2.24, 2.45) is 0 Å². The van der Waals surface area contributed by atoms with Crippen molar-refractivity contribution < 1.29 is 24.1 Å². The standard InChI is InChI=1S/C12H16BrNO5/c1-17-3-2-4-18-5-6-19-10-7-9(13)8-14-11(10)12(15)16/h7-8H,2-6H2,1H3,(H,15,16). The number of pyridine rings is 1. The second-order valence-electron chi connectivity index (χ2n) is 3.61. The third-order valence-electron chi connectivity index (χ3n) is 2.14. The average molecular weight is 334 g/mol. The summed E-state index contributed by atoms with van der Waals surface area (Å²) in [6, 6.07) is 1.57. The molecule has 0 spiro atoms. The Morgan fingerprint density at radius 1 is 1.37 bits per heavy atom. The Bertz CT molecular complexity index is 413. The number of hydrogen-bond acceptors (Lipinski definition) is 5. The Labute approximate surface area is 119 Å². The first-order chi connectivity index (χ1) is 9.15. The van der Waals surface area contributed by atoms with E-state index in [1.165, 1.54) is 6.20 Å². The molecule has 0 radical (unpaired) electrons. The van der Waals surface area contributed by atoms with Crippen LogP contribution in [-0.4, -0.2) is 49.6 Å². The lowest BCUT2D eigenvalue weighted by Gasteiger charge is -2.09. The third kappa shape index (κ3) is 6.00. The number of carbonyl (C=O) groups is 1. The summed E-state index contributed by atoms with van der Waals surface area (Å²) in [4.78, 5) is 14.7. The molecule has 0 aliphatic carbocycles. The number of carboxylic acid groups (broad SMARTS) is 1. The van der Waals surface area contributed by atoms with Gasteiger partial charge in [-0.2, -0.15) is 0 Å². The van der Waals surface area contributed by atoms with Crippen molar-refractivity contribution in [2.75, 3.05) is 33.5 Å². The van der Waals surface area contributed by atoms with Crippen molar-refractivity contribution >= 4 is 21.9 Å². The molecule has 0 aliphatic rings. The summed E-state index contributed by atoms with van der Waals surface area (Å²) in [6.45, 7) is 1.89. The highest BCUT2D eigenvalue weighted by Gasteiger charge is 2.13. The maximum atomic E-state index is 10.9. The van der Waals surface area contributed by atoms with Gasteiger partial charge in [-0.1, -0.05) is 0 Å². The van der Waals surface area contributed by atoms with Crippen LogP contribution in [-0.2, 0) is 9.47 Å². The highest BCUT2D eigenvalue weighted by Crippen LogP contribution is 2.21. The van der Waals surface area contributed by atoms with Crippen LogP contribution in [0.3, 0.4) is 0 Å². The van der Waals surface area contributed by atoms with Crippen LogP contribution in [0.2, 0.25) is 0 Å². The summed E-state index contributed by atoms with van der Waals surface area (Å²) in [5.74, 6) is -0.897. The number of methoxy groups -OCH3 is 1. The maximum Gasteiger partial charge on any atom is 0.358 e. The third-order valence-corrected chi connectivity index (χ3v) is 2.58. The Morgan fingerprint density at radius 3 is 2.84 bits per heavy atom. The Hall–Kier alpha value is -1.18. The smallest absolute Gasteiger partial charge is 0.358 e. The molecular formula is C12H16BrNO5. The number of nitrogens with zero attached hydrogens (tertiary/aromatic N) is 1. The van der Waals surface area contributed by atoms with Crippen LogP contribution in [0, 0.1) is 0 Å². The molecule has 0 aliphatic heterocycles. The van der Waals surface area contributed by atoms with Crippen molar-refractivity contribution in [3.8, 4) is 5.75 Å². The Morgan fingerprint density at radius 2 is 2.16 bits per heavy atom. The van der Waals surface area contributed by atoms with E-state index in [4.69, 9.17) is 19.3 Å². The van der Waals surface area contributed by atoms with Gasteiger partial charge in [0.25, 0.3) is 0 Å². The summed E-state index contributed by atoms with van der Waals surface area (Å²) in [5.41, 5.74) is -0.109. The first-order valence-electron chi connectivity index (χ1n) is 5.73. The number of halogens is 1. The van der Waals surface area contributed by atoms with Crippen LogP contribution >= 0.6 is 15.9 Å². The van der Waals surface area contributed by atoms with Crippen LogP contribution in [0.1, 0.15) is 16.9 Å². The molecule has 0 bridgehead atoms. The highest BCUT2D eigenvalue weighted by molar-refractivity contribution is 9.10. The van der Waals surface area contributed by atoms with Gasteiger partial charge in [0.1, 0.15) is 6.61 Å². The number of aromatic nitrogens is 1. The molecule has 19 heavy (non-hydrogen) atoms. The van der Waals surface area contributed by atoms with Crippen LogP contribution in [0.25, 0.3) is 0 Å². The number of rotatable bonds is 9. The minimum absolute atomic E-state index is 0.109. The van der Waals surface area contributed by atoms with Crippen molar-refractivity contribution in [3.05, 3.63) is 22.4 Å². The maximum absolute atomic E-state index is 10.9. The lowest BCUT2D eigenvalue weighted by molar-refractivity contribution is 0.0669. The van der Waals surface area contributed by atoms with Crippen LogP contribution in [0.5, 0.6) is 5.75 Å². The molecular weight excluding hydrogens is 318 g/mol. The number of hydrogen-bond donors (Lipinski definition) is 1. The molecule has 1 N–H and O–H groups in total. The van der Waals surface area contributed by atoms with Gasteiger partial charge in [-0.3, -0.25) is 0 Å². The molecule has 0 amide bonds. The van der Waals surface area contributed by atoms with Gasteiger partial charge in [0.2, 0.25) is 0 Å². The van der Waals surface area contributed by atoms with Gasteiger partial charge in [-0.05, 0) is 28.4 Å². The van der Waals surface area contributed by atoms with E-state index in [1.54, 1.807) is 13.2 Å². The van der Waals surface area contributed by atoms with Crippen molar-refractivity contribution in [1.29, 1.82) is 0 Å². The van der Waals surface area contributed by atoms with Gasteiger partial charge in [0.15, 0.2) is 11.4 Å². The van der Waals surface area contributed by atoms with E-state index in [-0.39, 0.29) is 18.1 Å². The zero-order valence-corrected chi connectivity index (χ0v) is 12.2. The van der Waals surface area contributed by atoms with Gasteiger partial charge in [0, 0.05) is 31.0 Å². The van der Waals surface area contributed by atoms with E-state index in [2.05, 4.69) is 20.9 Å². The van der Waals surface area contributed by atoms with Crippen LogP contribution in [0.15, 0.2) is 16.7 Å². The fraction of sp³-hybridized carbons (Fsp3) is 0.500. The molecule has 0 aromatic carbocycles. The van der Waals surface area contributed by atoms with E-state index in [1.807, 2.05) is 0 Å². The van der Waals surface area contributed by atoms with E-state index in [0.717, 1.165) is 6.42 Å². The normalized spacial score (nSPS) is 10.4. The molecule has 6 nitrogen and oxygen atoms in total. The van der Waals surface area contributed by atoms with E-state index in [9.17, 15) is 4.79 Å². The number of carboxylic acids is 1. The zero-order chi connectivity index (χ0) is 14.1. The average Bonchev–Trinajstić information content (AvgIpc) is 2.37. The first kappa shape index (κ1) is 15.9. The summed E-state index contributed by atoms with van der Waals surface area (Å²) in [6.07, 6.45) is 2.23. The number of aromatic carboxylic acids is 1. The minimum Gasteiger partial charge on any atom is -0.489 e. The second kappa shape index (κ2) is 8.84. The summed E-state index contributed by atoms with van der Waals surface area (Å²) in [5, 5.41) is 8.95. The molecule has 0 unspecified atom stereocenters. The molecule has 7 heteroatoms. The Kier molecular flexibility index (Phi) is 7.39. The van der Waals surface area contributed by atoms with Gasteiger partial charge in [-0.25, -0.2) is 9.78 Å². The van der Waals surface area contributed by atoms with Crippen molar-refractivity contribution in [1.82, 2.24) is 4.98 Å². The number of ether oxygens (including phenoxy) is 3. The topological polar surface area (TPSA) is 77.9 Å². The van der Waals surface area contributed by atoms with Gasteiger partial charge < -0.3 is 19.3 Å². The molecule has 0 saturated carbocycles. The summed E-state index contributed by atoms with van der Waals surface area (Å²) in [7, 11) is 1.64. The van der Waals surface area contributed by atoms with E-state index >= 15 is 0 Å². The molecule has 106 valence electrons. The molecule has 1 aromatic rings. The molecule has 0 saturated heterocycles. The zero-order valence-electron chi connectivity index (χ0n) is 10.6. The van der Waals surface area contributed by atoms with Gasteiger partial charge >= 0.3 is 5.97 Å². The van der Waals surface area contributed by atoms with Crippen LogP contribution in [0.4, 0.5) is 0 Å². The monoisotopic (exact) mass is 333 g/mol. The Balaban J connectivity index is 2.36. The summed E-state index contributed by atoms with van der Waals surface area (Å²) >= 11 is 3.22. The molecule has 1 rings (SSSR count). The lowest BCUT2D eigenvalue weighted by Crippen LogP contribution is -2.11. The quantitative estimate of drug-likeness (QED) is 0.696. The molecule has 1 heterocycles. The highest BCUT2D eigenvalue weighted by atomic mass is 79.9. The second-order valence-corrected chi connectivity index (χ2v) is 4.53. The fourth-order valence-electron chi connectivity index (χ4n) is 1.31.